The molecule has 0 bridgehead atoms. The number of hydrogen-bond donors (Lipinski definition) is 0. The number of esters is 1. The monoisotopic (exact) mass is 400 g/mol. The summed E-state index contributed by atoms with van der Waals surface area (Å²) in [6.07, 6.45) is 9.35. The van der Waals surface area contributed by atoms with Crippen LogP contribution in [0.5, 0.6) is 0 Å². The summed E-state index contributed by atoms with van der Waals surface area (Å²) in [6.45, 7) is 3.71. The molecule has 140 valence electrons. The van der Waals surface area contributed by atoms with Crippen molar-refractivity contribution in [3.63, 3.8) is 0 Å². The minimum atomic E-state index is -0.230. The normalized spacial score (nSPS) is 13.7. The molecule has 3 aromatic rings. The zero-order valence-corrected chi connectivity index (χ0v) is 16.9. The van der Waals surface area contributed by atoms with E-state index in [9.17, 15) is 4.79 Å². The lowest BCUT2D eigenvalue weighted by atomic mass is 9.97. The Morgan fingerprint density at radius 3 is 2.89 bits per heavy atom. The highest BCUT2D eigenvalue weighted by molar-refractivity contribution is 8.00. The molecule has 0 spiro atoms. The van der Waals surface area contributed by atoms with Gasteiger partial charge >= 0.3 is 5.97 Å². The van der Waals surface area contributed by atoms with Gasteiger partial charge in [-0.15, -0.1) is 11.3 Å². The number of aryl methyl sites for hydroxylation is 2. The van der Waals surface area contributed by atoms with E-state index >= 15 is 0 Å². The smallest absolute Gasteiger partial charge is 0.316 e. The molecule has 0 saturated heterocycles. The zero-order chi connectivity index (χ0) is 18.8. The summed E-state index contributed by atoms with van der Waals surface area (Å²) in [6, 6.07) is 0. The van der Waals surface area contributed by atoms with Gasteiger partial charge in [-0.3, -0.25) is 9.78 Å². The highest BCUT2D eigenvalue weighted by Crippen LogP contribution is 2.40. The predicted molar refractivity (Wildman–Crippen MR) is 107 cm³/mol. The average molecular weight is 401 g/mol. The standard InChI is InChI=1S/C19H20N4O2S2/c1-11(2)25-15(24)10-26-18-16-12-5-3-4-6-14(12)27-19(16)23-17(22-18)13-9-20-7-8-21-13/h7-9,11H,3-6,10H2,1-2H3. The van der Waals surface area contributed by atoms with E-state index in [0.717, 1.165) is 28.1 Å². The molecule has 27 heavy (non-hydrogen) atoms. The van der Waals surface area contributed by atoms with Crippen molar-refractivity contribution in [1.29, 1.82) is 0 Å². The van der Waals surface area contributed by atoms with Gasteiger partial charge in [-0.25, -0.2) is 15.0 Å². The van der Waals surface area contributed by atoms with E-state index in [2.05, 4.69) is 9.97 Å². The van der Waals surface area contributed by atoms with Crippen molar-refractivity contribution in [3.05, 3.63) is 29.0 Å². The Morgan fingerprint density at radius 1 is 1.26 bits per heavy atom. The van der Waals surface area contributed by atoms with Gasteiger partial charge in [0, 0.05) is 22.7 Å². The number of thiophene rings is 1. The molecule has 1 aliphatic carbocycles. The van der Waals surface area contributed by atoms with E-state index in [1.807, 2.05) is 13.8 Å². The summed E-state index contributed by atoms with van der Waals surface area (Å²) in [7, 11) is 0. The van der Waals surface area contributed by atoms with Crippen LogP contribution >= 0.6 is 23.1 Å². The van der Waals surface area contributed by atoms with Crippen LogP contribution in [0.1, 0.15) is 37.1 Å². The Kier molecular flexibility index (Phi) is 5.36. The number of fused-ring (bicyclic) bond motifs is 3. The fourth-order valence-electron chi connectivity index (χ4n) is 3.18. The highest BCUT2D eigenvalue weighted by atomic mass is 32.2. The van der Waals surface area contributed by atoms with Crippen molar-refractivity contribution in [2.75, 3.05) is 5.75 Å². The van der Waals surface area contributed by atoms with Crippen molar-refractivity contribution in [2.24, 2.45) is 0 Å². The predicted octanol–water partition coefficient (Wildman–Crippen LogP) is 4.07. The first-order valence-corrected chi connectivity index (χ1v) is 10.8. The Hall–Kier alpha value is -2.06. The first-order chi connectivity index (χ1) is 13.1. The molecule has 1 aliphatic rings. The first-order valence-electron chi connectivity index (χ1n) is 9.02. The first kappa shape index (κ1) is 18.3. The number of rotatable bonds is 5. The zero-order valence-electron chi connectivity index (χ0n) is 15.3. The van der Waals surface area contributed by atoms with Gasteiger partial charge in [0.1, 0.15) is 15.6 Å². The number of thioether (sulfide) groups is 1. The third kappa shape index (κ3) is 3.96. The third-order valence-corrected chi connectivity index (χ3v) is 6.40. The highest BCUT2D eigenvalue weighted by Gasteiger charge is 2.22. The summed E-state index contributed by atoms with van der Waals surface area (Å²) in [5.74, 6) is 0.551. The molecule has 0 N–H and O–H groups in total. The average Bonchev–Trinajstić information content (AvgIpc) is 3.05. The van der Waals surface area contributed by atoms with Crippen LogP contribution in [0.15, 0.2) is 23.6 Å². The van der Waals surface area contributed by atoms with Crippen molar-refractivity contribution in [2.45, 2.75) is 50.7 Å². The van der Waals surface area contributed by atoms with Crippen LogP contribution in [0.4, 0.5) is 0 Å². The molecular formula is C19H20N4O2S2. The maximum Gasteiger partial charge on any atom is 0.316 e. The van der Waals surface area contributed by atoms with Crippen LogP contribution in [0.3, 0.4) is 0 Å². The van der Waals surface area contributed by atoms with Gasteiger partial charge in [0.25, 0.3) is 0 Å². The van der Waals surface area contributed by atoms with Crippen molar-refractivity contribution in [1.82, 2.24) is 19.9 Å². The molecule has 3 aromatic heterocycles. The Labute approximate surface area is 165 Å². The van der Waals surface area contributed by atoms with Crippen LogP contribution < -0.4 is 0 Å². The molecule has 0 aliphatic heterocycles. The van der Waals surface area contributed by atoms with E-state index < -0.39 is 0 Å². The molecule has 0 unspecified atom stereocenters. The van der Waals surface area contributed by atoms with Gasteiger partial charge in [0.15, 0.2) is 5.82 Å². The Balaban J connectivity index is 1.76. The molecular weight excluding hydrogens is 380 g/mol. The minimum absolute atomic E-state index is 0.118. The second kappa shape index (κ2) is 7.90. The van der Waals surface area contributed by atoms with E-state index in [1.165, 1.54) is 35.0 Å². The van der Waals surface area contributed by atoms with Gasteiger partial charge in [-0.05, 0) is 45.1 Å². The quantitative estimate of drug-likeness (QED) is 0.363. The van der Waals surface area contributed by atoms with Gasteiger partial charge in [-0.1, -0.05) is 11.8 Å². The molecule has 4 rings (SSSR count). The largest absolute Gasteiger partial charge is 0.462 e. The topological polar surface area (TPSA) is 77.9 Å². The van der Waals surface area contributed by atoms with E-state index in [0.29, 0.717) is 11.5 Å². The number of carbonyl (C=O) groups is 1. The molecule has 0 amide bonds. The fraction of sp³-hybridized carbons (Fsp3) is 0.421. The van der Waals surface area contributed by atoms with Crippen LogP contribution in [0.25, 0.3) is 21.7 Å². The third-order valence-electron chi connectivity index (χ3n) is 4.27. The van der Waals surface area contributed by atoms with Gasteiger partial charge in [0.2, 0.25) is 0 Å². The Bertz CT molecular complexity index is 973. The molecule has 3 heterocycles. The van der Waals surface area contributed by atoms with Crippen LogP contribution in [-0.2, 0) is 22.4 Å². The van der Waals surface area contributed by atoms with Crippen molar-refractivity contribution in [3.8, 4) is 11.5 Å². The summed E-state index contributed by atoms with van der Waals surface area (Å²) >= 11 is 3.16. The SMILES string of the molecule is CC(C)OC(=O)CSc1nc(-c2cnccn2)nc2sc3c(c12)CCCC3. The number of ether oxygens (including phenoxy) is 1. The summed E-state index contributed by atoms with van der Waals surface area (Å²) in [4.78, 5) is 32.4. The molecule has 0 fully saturated rings. The van der Waals surface area contributed by atoms with Gasteiger partial charge in [0.05, 0.1) is 18.1 Å². The van der Waals surface area contributed by atoms with E-state index in [1.54, 1.807) is 29.9 Å². The lowest BCUT2D eigenvalue weighted by Crippen LogP contribution is -2.13. The second-order valence-corrected chi connectivity index (χ2v) is 8.71. The molecule has 6 nitrogen and oxygen atoms in total. The van der Waals surface area contributed by atoms with Gasteiger partial charge in [-0.2, -0.15) is 0 Å². The van der Waals surface area contributed by atoms with E-state index in [4.69, 9.17) is 14.7 Å². The minimum Gasteiger partial charge on any atom is -0.462 e. The molecule has 0 radical (unpaired) electrons. The van der Waals surface area contributed by atoms with Gasteiger partial charge < -0.3 is 4.74 Å². The maximum absolute atomic E-state index is 12.0. The van der Waals surface area contributed by atoms with E-state index in [-0.39, 0.29) is 17.8 Å². The lowest BCUT2D eigenvalue weighted by Gasteiger charge is -2.12. The second-order valence-electron chi connectivity index (χ2n) is 6.66. The molecule has 0 saturated carbocycles. The van der Waals surface area contributed by atoms with Crippen molar-refractivity contribution >= 4 is 39.3 Å². The number of hydrogen-bond acceptors (Lipinski definition) is 8. The lowest BCUT2D eigenvalue weighted by molar-refractivity contribution is -0.144. The summed E-state index contributed by atoms with van der Waals surface area (Å²) < 4.78 is 5.27. The maximum atomic E-state index is 12.0. The molecule has 0 atom stereocenters. The number of carbonyl (C=O) groups excluding carboxylic acids is 1. The summed E-state index contributed by atoms with van der Waals surface area (Å²) in [5, 5.41) is 1.94. The van der Waals surface area contributed by atoms with Crippen molar-refractivity contribution < 1.29 is 9.53 Å². The number of aromatic nitrogens is 4. The van der Waals surface area contributed by atoms with Crippen LogP contribution in [0.2, 0.25) is 0 Å². The number of nitrogens with zero attached hydrogens (tertiary/aromatic N) is 4. The Morgan fingerprint density at radius 2 is 2.11 bits per heavy atom. The van der Waals surface area contributed by atoms with Crippen LogP contribution in [-0.4, -0.2) is 37.8 Å². The molecule has 8 heteroatoms. The van der Waals surface area contributed by atoms with Crippen LogP contribution in [0, 0.1) is 0 Å². The fourth-order valence-corrected chi connectivity index (χ4v) is 5.35. The summed E-state index contributed by atoms with van der Waals surface area (Å²) in [5.41, 5.74) is 1.99. The molecule has 0 aromatic carbocycles.